The van der Waals surface area contributed by atoms with Gasteiger partial charge in [-0.15, -0.1) is 0 Å². The van der Waals surface area contributed by atoms with Gasteiger partial charge in [0.1, 0.15) is 18.3 Å². The summed E-state index contributed by atoms with van der Waals surface area (Å²) in [5, 5.41) is 2.89. The molecule has 1 aliphatic rings. The summed E-state index contributed by atoms with van der Waals surface area (Å²) in [6, 6.07) is 13.0. The van der Waals surface area contributed by atoms with Gasteiger partial charge in [0.05, 0.1) is 25.8 Å². The van der Waals surface area contributed by atoms with E-state index < -0.39 is 17.9 Å². The molecule has 0 saturated carbocycles. The van der Waals surface area contributed by atoms with Crippen molar-refractivity contribution in [3.8, 4) is 5.75 Å². The molecule has 2 aromatic carbocycles. The maximum Gasteiger partial charge on any atom is 0.325 e. The lowest BCUT2D eigenvalue weighted by molar-refractivity contribution is -0.141. The van der Waals surface area contributed by atoms with Gasteiger partial charge in [-0.25, -0.2) is 0 Å². The van der Waals surface area contributed by atoms with E-state index in [-0.39, 0.29) is 24.0 Å². The van der Waals surface area contributed by atoms with E-state index in [1.54, 1.807) is 48.5 Å². The molecule has 0 bridgehead atoms. The van der Waals surface area contributed by atoms with Crippen molar-refractivity contribution in [3.05, 3.63) is 53.0 Å². The molecule has 2 amide bonds. The zero-order valence-corrected chi connectivity index (χ0v) is 19.9. The van der Waals surface area contributed by atoms with E-state index in [1.165, 1.54) is 16.9 Å². The molecule has 1 N–H and O–H groups in total. The molecule has 1 aliphatic heterocycles. The molecule has 1 heterocycles. The van der Waals surface area contributed by atoms with Crippen molar-refractivity contribution in [2.75, 3.05) is 30.5 Å². The van der Waals surface area contributed by atoms with Gasteiger partial charge in [0, 0.05) is 10.2 Å². The molecule has 1 atom stereocenters. The number of hydrogen-bond donors (Lipinski definition) is 1. The lowest BCUT2D eigenvalue weighted by Gasteiger charge is -2.22. The van der Waals surface area contributed by atoms with E-state index in [2.05, 4.69) is 21.2 Å². The molecule has 2 aromatic rings. The van der Waals surface area contributed by atoms with Gasteiger partial charge >= 0.3 is 5.97 Å². The van der Waals surface area contributed by atoms with Gasteiger partial charge in [0.15, 0.2) is 5.11 Å². The fraction of sp³-hybridized carbons (Fsp3) is 0.273. The highest BCUT2D eigenvalue weighted by molar-refractivity contribution is 9.10. The number of ether oxygens (including phenoxy) is 2. The number of carbonyl (C=O) groups is 3. The van der Waals surface area contributed by atoms with Gasteiger partial charge in [-0.05, 0) is 67.7 Å². The Morgan fingerprint density at radius 2 is 1.78 bits per heavy atom. The number of amides is 2. The number of thiocarbonyl (C=S) groups is 1. The topological polar surface area (TPSA) is 88.2 Å². The average Bonchev–Trinajstić information content (AvgIpc) is 3.00. The van der Waals surface area contributed by atoms with Crippen LogP contribution in [0.4, 0.5) is 11.4 Å². The zero-order valence-electron chi connectivity index (χ0n) is 17.5. The molecule has 0 unspecified atom stereocenters. The number of esters is 1. The first-order chi connectivity index (χ1) is 15.3. The Morgan fingerprint density at radius 3 is 2.38 bits per heavy atom. The van der Waals surface area contributed by atoms with E-state index >= 15 is 0 Å². The molecule has 0 aromatic heterocycles. The number of anilines is 2. The summed E-state index contributed by atoms with van der Waals surface area (Å²) in [4.78, 5) is 40.6. The summed E-state index contributed by atoms with van der Waals surface area (Å²) in [5.74, 6) is -0.677. The highest BCUT2D eigenvalue weighted by Gasteiger charge is 2.45. The first-order valence-corrected chi connectivity index (χ1v) is 11.0. The van der Waals surface area contributed by atoms with E-state index in [1.807, 2.05) is 6.92 Å². The Bertz CT molecular complexity index is 1010. The third-order valence-electron chi connectivity index (χ3n) is 4.76. The van der Waals surface area contributed by atoms with Crippen molar-refractivity contribution in [1.29, 1.82) is 0 Å². The normalized spacial score (nSPS) is 15.7. The van der Waals surface area contributed by atoms with Crippen molar-refractivity contribution < 1.29 is 23.9 Å². The van der Waals surface area contributed by atoms with Crippen LogP contribution in [0.2, 0.25) is 0 Å². The van der Waals surface area contributed by atoms with E-state index in [0.717, 1.165) is 4.47 Å². The van der Waals surface area contributed by atoms with Crippen LogP contribution in [0.15, 0.2) is 53.0 Å². The van der Waals surface area contributed by atoms with Gasteiger partial charge in [0.25, 0.3) is 5.91 Å². The highest BCUT2D eigenvalue weighted by atomic mass is 79.9. The Balaban J connectivity index is 1.82. The molecular formula is C22H22BrN3O5S. The molecule has 0 spiro atoms. The van der Waals surface area contributed by atoms with Gasteiger partial charge < -0.3 is 19.7 Å². The predicted molar refractivity (Wildman–Crippen MR) is 128 cm³/mol. The van der Waals surface area contributed by atoms with Crippen LogP contribution in [-0.4, -0.2) is 54.1 Å². The minimum absolute atomic E-state index is 0.131. The summed E-state index contributed by atoms with van der Waals surface area (Å²) >= 11 is 8.84. The van der Waals surface area contributed by atoms with Gasteiger partial charge in [0.2, 0.25) is 5.91 Å². The summed E-state index contributed by atoms with van der Waals surface area (Å²) in [7, 11) is 1.25. The molecule has 1 saturated heterocycles. The minimum atomic E-state index is -0.941. The van der Waals surface area contributed by atoms with Crippen molar-refractivity contribution in [2.24, 2.45) is 0 Å². The monoisotopic (exact) mass is 519 g/mol. The Hall–Kier alpha value is -2.98. The van der Waals surface area contributed by atoms with Crippen LogP contribution in [0.25, 0.3) is 0 Å². The number of rotatable bonds is 8. The second-order valence-corrected chi connectivity index (χ2v) is 8.14. The van der Waals surface area contributed by atoms with Crippen LogP contribution in [-0.2, 0) is 19.1 Å². The zero-order chi connectivity index (χ0) is 23.3. The van der Waals surface area contributed by atoms with Crippen molar-refractivity contribution >= 4 is 62.4 Å². The number of hydrogen-bond acceptors (Lipinski definition) is 6. The van der Waals surface area contributed by atoms with Crippen molar-refractivity contribution in [1.82, 2.24) is 4.90 Å². The standard InChI is InChI=1S/C22H22BrN3O5S/c1-3-31-17-10-8-16(9-11-17)26-21(29)18(25(22(26)32)13-20(28)30-2)12-19(27)24-15-6-4-14(23)5-7-15/h4-11,18H,3,12-13H2,1-2H3,(H,24,27)/t18-/m0/s1. The number of benzene rings is 2. The van der Waals surface area contributed by atoms with E-state index in [9.17, 15) is 14.4 Å². The van der Waals surface area contributed by atoms with Crippen LogP contribution in [0, 0.1) is 0 Å². The predicted octanol–water partition coefficient (Wildman–Crippen LogP) is 3.35. The molecule has 0 aliphatic carbocycles. The molecule has 10 heteroatoms. The second-order valence-electron chi connectivity index (χ2n) is 6.86. The number of carbonyl (C=O) groups excluding carboxylic acids is 3. The second kappa shape index (κ2) is 10.6. The fourth-order valence-corrected chi connectivity index (χ4v) is 3.89. The lowest BCUT2D eigenvalue weighted by Crippen LogP contribution is -2.41. The highest BCUT2D eigenvalue weighted by Crippen LogP contribution is 2.29. The van der Waals surface area contributed by atoms with E-state index in [0.29, 0.717) is 23.7 Å². The first kappa shape index (κ1) is 23.7. The molecule has 1 fully saturated rings. The Labute approximate surface area is 199 Å². The molecule has 8 nitrogen and oxygen atoms in total. The summed E-state index contributed by atoms with van der Waals surface area (Å²) < 4.78 is 11.1. The molecule has 168 valence electrons. The molecule has 32 heavy (non-hydrogen) atoms. The summed E-state index contributed by atoms with van der Waals surface area (Å²) in [6.45, 7) is 2.15. The van der Waals surface area contributed by atoms with Crippen LogP contribution >= 0.6 is 28.1 Å². The maximum absolute atomic E-state index is 13.3. The lowest BCUT2D eigenvalue weighted by atomic mass is 10.1. The molecule has 3 rings (SSSR count). The third kappa shape index (κ3) is 5.43. The van der Waals surface area contributed by atoms with E-state index in [4.69, 9.17) is 21.7 Å². The first-order valence-electron chi connectivity index (χ1n) is 9.83. The average molecular weight is 520 g/mol. The van der Waals surface area contributed by atoms with Crippen molar-refractivity contribution in [3.63, 3.8) is 0 Å². The van der Waals surface area contributed by atoms with Gasteiger partial charge in [-0.2, -0.15) is 0 Å². The van der Waals surface area contributed by atoms with Crippen LogP contribution in [0.1, 0.15) is 13.3 Å². The smallest absolute Gasteiger partial charge is 0.325 e. The summed E-state index contributed by atoms with van der Waals surface area (Å²) in [5.41, 5.74) is 1.11. The summed E-state index contributed by atoms with van der Waals surface area (Å²) in [6.07, 6.45) is -0.181. The fourth-order valence-electron chi connectivity index (χ4n) is 3.23. The Morgan fingerprint density at radius 1 is 1.12 bits per heavy atom. The SMILES string of the molecule is CCOc1ccc(N2C(=O)[C@H](CC(=O)Nc3ccc(Br)cc3)N(CC(=O)OC)C2=S)cc1. The van der Waals surface area contributed by atoms with Crippen LogP contribution < -0.4 is 15.0 Å². The van der Waals surface area contributed by atoms with Gasteiger partial charge in [-0.1, -0.05) is 15.9 Å². The largest absolute Gasteiger partial charge is 0.494 e. The Kier molecular flexibility index (Phi) is 7.81. The van der Waals surface area contributed by atoms with Gasteiger partial charge in [-0.3, -0.25) is 19.3 Å². The third-order valence-corrected chi connectivity index (χ3v) is 5.70. The number of nitrogens with one attached hydrogen (secondary N) is 1. The number of methoxy groups -OCH3 is 1. The molecular weight excluding hydrogens is 498 g/mol. The maximum atomic E-state index is 13.3. The van der Waals surface area contributed by atoms with Crippen LogP contribution in [0.3, 0.4) is 0 Å². The quantitative estimate of drug-likeness (QED) is 0.422. The number of nitrogens with zero attached hydrogens (tertiary/aromatic N) is 2. The van der Waals surface area contributed by atoms with Crippen molar-refractivity contribution in [2.45, 2.75) is 19.4 Å². The van der Waals surface area contributed by atoms with Crippen LogP contribution in [0.5, 0.6) is 5.75 Å². The minimum Gasteiger partial charge on any atom is -0.494 e. The number of halogens is 1. The molecule has 0 radical (unpaired) electrons.